The molecular formula is C25H32N4O3. The van der Waals surface area contributed by atoms with Gasteiger partial charge in [-0.3, -0.25) is 9.59 Å². The summed E-state index contributed by atoms with van der Waals surface area (Å²) in [5.41, 5.74) is 4.67. The van der Waals surface area contributed by atoms with Gasteiger partial charge in [0.25, 0.3) is 0 Å². The van der Waals surface area contributed by atoms with Crippen LogP contribution in [-0.4, -0.2) is 38.4 Å². The number of aryl methyl sites for hydroxylation is 3. The number of nitrogens with one attached hydrogen (secondary N) is 1. The van der Waals surface area contributed by atoms with Crippen molar-refractivity contribution in [3.05, 3.63) is 46.7 Å². The van der Waals surface area contributed by atoms with E-state index in [9.17, 15) is 14.7 Å². The van der Waals surface area contributed by atoms with Gasteiger partial charge in [-0.1, -0.05) is 6.07 Å². The molecule has 4 rings (SSSR count). The predicted octanol–water partition coefficient (Wildman–Crippen LogP) is 4.35. The van der Waals surface area contributed by atoms with E-state index in [1.807, 2.05) is 0 Å². The van der Waals surface area contributed by atoms with E-state index >= 15 is 0 Å². The highest BCUT2D eigenvalue weighted by atomic mass is 16.4. The number of carboxylic acid groups (broad SMARTS) is 1. The van der Waals surface area contributed by atoms with Crippen LogP contribution >= 0.6 is 0 Å². The van der Waals surface area contributed by atoms with E-state index < -0.39 is 5.97 Å². The first-order valence-electron chi connectivity index (χ1n) is 11.8. The highest BCUT2D eigenvalue weighted by molar-refractivity contribution is 5.80. The van der Waals surface area contributed by atoms with E-state index in [0.717, 1.165) is 44.5 Å². The molecule has 1 aliphatic carbocycles. The smallest absolute Gasteiger partial charge is 0.303 e. The minimum absolute atomic E-state index is 0.0883. The Morgan fingerprint density at radius 2 is 1.97 bits per heavy atom. The molecule has 2 aliphatic rings. The SMILES string of the molecule is Cc1ncc([C@H](CC(=O)O)CC(=O)CCCCc2nc3c(cc2C2CC2)CCCN3)cn1. The number of pyridine rings is 1. The van der Waals surface area contributed by atoms with Gasteiger partial charge in [0.15, 0.2) is 0 Å². The number of fused-ring (bicyclic) bond motifs is 1. The quantitative estimate of drug-likeness (QED) is 0.505. The fourth-order valence-electron chi connectivity index (χ4n) is 4.51. The highest BCUT2D eigenvalue weighted by Crippen LogP contribution is 2.43. The van der Waals surface area contributed by atoms with Crippen LogP contribution < -0.4 is 5.32 Å². The number of hydrogen-bond acceptors (Lipinski definition) is 6. The van der Waals surface area contributed by atoms with Crippen LogP contribution in [-0.2, 0) is 22.4 Å². The number of hydrogen-bond donors (Lipinski definition) is 2. The molecule has 7 heteroatoms. The molecule has 0 aromatic carbocycles. The molecule has 0 spiro atoms. The maximum Gasteiger partial charge on any atom is 0.303 e. The summed E-state index contributed by atoms with van der Waals surface area (Å²) in [7, 11) is 0. The Morgan fingerprint density at radius 1 is 1.19 bits per heavy atom. The standard InChI is InChI=1S/C25H32N4O3/c1-16-27-14-20(15-28-16)19(13-24(31)32)11-21(30)6-2-3-7-23-22(17-8-9-17)12-18-5-4-10-26-25(18)29-23/h12,14-15,17,19H,2-11,13H2,1H3,(H,26,29)(H,31,32)/t19-/m0/s1. The van der Waals surface area contributed by atoms with Crippen molar-refractivity contribution in [1.29, 1.82) is 0 Å². The minimum Gasteiger partial charge on any atom is -0.481 e. The molecule has 3 heterocycles. The van der Waals surface area contributed by atoms with Gasteiger partial charge in [-0.05, 0) is 74.5 Å². The summed E-state index contributed by atoms with van der Waals surface area (Å²) < 4.78 is 0. The zero-order valence-electron chi connectivity index (χ0n) is 18.8. The van der Waals surface area contributed by atoms with E-state index in [-0.39, 0.29) is 24.5 Å². The number of carbonyl (C=O) groups excluding carboxylic acids is 1. The zero-order chi connectivity index (χ0) is 22.5. The van der Waals surface area contributed by atoms with Crippen molar-refractivity contribution >= 4 is 17.6 Å². The lowest BCUT2D eigenvalue weighted by Crippen LogP contribution is -2.15. The van der Waals surface area contributed by atoms with Crippen LogP contribution in [0, 0.1) is 6.92 Å². The summed E-state index contributed by atoms with van der Waals surface area (Å²) in [6, 6.07) is 2.37. The van der Waals surface area contributed by atoms with Gasteiger partial charge >= 0.3 is 5.97 Å². The fourth-order valence-corrected chi connectivity index (χ4v) is 4.51. The van der Waals surface area contributed by atoms with Crippen molar-refractivity contribution < 1.29 is 14.7 Å². The number of aliphatic carboxylic acids is 1. The van der Waals surface area contributed by atoms with E-state index in [4.69, 9.17) is 4.98 Å². The third-order valence-electron chi connectivity index (χ3n) is 6.43. The molecular weight excluding hydrogens is 404 g/mol. The zero-order valence-corrected chi connectivity index (χ0v) is 18.8. The first-order chi connectivity index (χ1) is 15.5. The molecule has 2 aromatic rings. The van der Waals surface area contributed by atoms with Crippen molar-refractivity contribution in [3.63, 3.8) is 0 Å². The Morgan fingerprint density at radius 3 is 2.69 bits per heavy atom. The van der Waals surface area contributed by atoms with Crippen molar-refractivity contribution in [1.82, 2.24) is 15.0 Å². The monoisotopic (exact) mass is 436 g/mol. The Balaban J connectivity index is 1.31. The van der Waals surface area contributed by atoms with Crippen molar-refractivity contribution in [2.75, 3.05) is 11.9 Å². The van der Waals surface area contributed by atoms with Gasteiger partial charge in [-0.15, -0.1) is 0 Å². The maximum absolute atomic E-state index is 12.6. The molecule has 1 fully saturated rings. The van der Waals surface area contributed by atoms with Gasteiger partial charge in [-0.2, -0.15) is 0 Å². The Kier molecular flexibility index (Phi) is 7.12. The van der Waals surface area contributed by atoms with Gasteiger partial charge in [-0.25, -0.2) is 15.0 Å². The lowest BCUT2D eigenvalue weighted by atomic mass is 9.91. The van der Waals surface area contributed by atoms with Gasteiger partial charge < -0.3 is 10.4 Å². The third kappa shape index (κ3) is 5.90. The Hall–Kier alpha value is -2.83. The molecule has 1 aliphatic heterocycles. The molecule has 1 saturated carbocycles. The average Bonchev–Trinajstić information content (AvgIpc) is 3.61. The molecule has 32 heavy (non-hydrogen) atoms. The van der Waals surface area contributed by atoms with E-state index in [1.54, 1.807) is 19.3 Å². The second-order valence-electron chi connectivity index (χ2n) is 9.14. The predicted molar refractivity (Wildman–Crippen MR) is 122 cm³/mol. The van der Waals surface area contributed by atoms with E-state index in [1.165, 1.54) is 29.7 Å². The molecule has 0 saturated heterocycles. The second kappa shape index (κ2) is 10.2. The Labute approximate surface area is 189 Å². The third-order valence-corrected chi connectivity index (χ3v) is 6.43. The number of nitrogens with zero attached hydrogens (tertiary/aromatic N) is 3. The number of Topliss-reactive ketones (excluding diaryl/α,β-unsaturated/α-hetero) is 1. The Bertz CT molecular complexity index is 970. The van der Waals surface area contributed by atoms with Crippen LogP contribution in [0.4, 0.5) is 5.82 Å². The lowest BCUT2D eigenvalue weighted by molar-refractivity contribution is -0.137. The number of carbonyl (C=O) groups is 2. The highest BCUT2D eigenvalue weighted by Gasteiger charge is 2.28. The van der Waals surface area contributed by atoms with E-state index in [2.05, 4.69) is 21.4 Å². The number of ketones is 1. The number of carboxylic acids is 1. The summed E-state index contributed by atoms with van der Waals surface area (Å²) in [6.07, 6.45) is 11.2. The van der Waals surface area contributed by atoms with Gasteiger partial charge in [0, 0.05) is 43.4 Å². The summed E-state index contributed by atoms with van der Waals surface area (Å²) >= 11 is 0. The molecule has 0 unspecified atom stereocenters. The molecule has 7 nitrogen and oxygen atoms in total. The first-order valence-corrected chi connectivity index (χ1v) is 11.8. The molecule has 1 atom stereocenters. The average molecular weight is 437 g/mol. The normalized spacial score (nSPS) is 16.2. The van der Waals surface area contributed by atoms with Gasteiger partial charge in [0.05, 0.1) is 6.42 Å². The largest absolute Gasteiger partial charge is 0.481 e. The van der Waals surface area contributed by atoms with Gasteiger partial charge in [0.1, 0.15) is 17.4 Å². The van der Waals surface area contributed by atoms with Crippen LogP contribution in [0.2, 0.25) is 0 Å². The lowest BCUT2D eigenvalue weighted by Gasteiger charge is -2.20. The molecule has 170 valence electrons. The topological polar surface area (TPSA) is 105 Å². The molecule has 2 aromatic heterocycles. The molecule has 0 radical (unpaired) electrons. The summed E-state index contributed by atoms with van der Waals surface area (Å²) in [5.74, 6) is 1.15. The summed E-state index contributed by atoms with van der Waals surface area (Å²) in [6.45, 7) is 2.77. The van der Waals surface area contributed by atoms with E-state index in [0.29, 0.717) is 23.7 Å². The molecule has 2 N–H and O–H groups in total. The first kappa shape index (κ1) is 22.4. The van der Waals surface area contributed by atoms with Crippen LogP contribution in [0.1, 0.15) is 91.4 Å². The van der Waals surface area contributed by atoms with Crippen molar-refractivity contribution in [3.8, 4) is 0 Å². The maximum atomic E-state index is 12.6. The summed E-state index contributed by atoms with van der Waals surface area (Å²) in [4.78, 5) is 37.1. The van der Waals surface area contributed by atoms with Crippen molar-refractivity contribution in [2.24, 2.45) is 0 Å². The minimum atomic E-state index is -0.914. The number of unbranched alkanes of at least 4 members (excludes halogenated alkanes) is 1. The molecule has 0 bridgehead atoms. The van der Waals surface area contributed by atoms with Crippen LogP contribution in [0.25, 0.3) is 0 Å². The number of rotatable bonds is 11. The van der Waals surface area contributed by atoms with Crippen LogP contribution in [0.5, 0.6) is 0 Å². The van der Waals surface area contributed by atoms with Crippen LogP contribution in [0.3, 0.4) is 0 Å². The number of anilines is 1. The van der Waals surface area contributed by atoms with Crippen LogP contribution in [0.15, 0.2) is 18.5 Å². The number of aromatic nitrogens is 3. The summed E-state index contributed by atoms with van der Waals surface area (Å²) in [5, 5.41) is 12.7. The fraction of sp³-hybridized carbons (Fsp3) is 0.560. The van der Waals surface area contributed by atoms with Gasteiger partial charge in [0.2, 0.25) is 0 Å². The second-order valence-corrected chi connectivity index (χ2v) is 9.14. The van der Waals surface area contributed by atoms with Crippen molar-refractivity contribution in [2.45, 2.75) is 83.0 Å². The molecule has 0 amide bonds.